The molecule has 1 aliphatic rings. The lowest BCUT2D eigenvalue weighted by atomic mass is 10.1. The van der Waals surface area contributed by atoms with Gasteiger partial charge in [0.25, 0.3) is 5.91 Å². The summed E-state index contributed by atoms with van der Waals surface area (Å²) in [5.41, 5.74) is 8.96. The molecule has 1 fully saturated rings. The number of rotatable bonds is 8. The van der Waals surface area contributed by atoms with Crippen LogP contribution in [-0.4, -0.2) is 26.1 Å². The number of halogens is 1. The lowest BCUT2D eigenvalue weighted by molar-refractivity contribution is 0.102. The Balaban J connectivity index is 1.16. The van der Waals surface area contributed by atoms with Crippen LogP contribution in [0.4, 0.5) is 27.4 Å². The lowest BCUT2D eigenvalue weighted by Crippen LogP contribution is -2.13. The van der Waals surface area contributed by atoms with Gasteiger partial charge < -0.3 is 16.4 Å². The van der Waals surface area contributed by atoms with Crippen molar-refractivity contribution < 1.29 is 9.18 Å². The number of anilines is 4. The maximum atomic E-state index is 13.2. The highest BCUT2D eigenvalue weighted by Gasteiger charge is 2.25. The average Bonchev–Trinajstić information content (AvgIpc) is 3.59. The molecule has 2 aromatic heterocycles. The molecule has 0 bridgehead atoms. The zero-order valence-corrected chi connectivity index (χ0v) is 18.9. The maximum absolute atomic E-state index is 13.2. The van der Waals surface area contributed by atoms with Gasteiger partial charge in [0, 0.05) is 35.2 Å². The third kappa shape index (κ3) is 5.34. The van der Waals surface area contributed by atoms with Crippen molar-refractivity contribution in [2.75, 3.05) is 16.4 Å². The second-order valence-corrected chi connectivity index (χ2v) is 8.95. The van der Waals surface area contributed by atoms with Crippen LogP contribution in [-0.2, 0) is 5.75 Å². The average molecular weight is 476 g/mol. The van der Waals surface area contributed by atoms with E-state index in [0.717, 1.165) is 17.1 Å². The first kappa shape index (κ1) is 21.9. The quantitative estimate of drug-likeness (QED) is 0.159. The van der Waals surface area contributed by atoms with Crippen molar-refractivity contribution in [1.82, 2.24) is 20.2 Å². The van der Waals surface area contributed by atoms with Crippen LogP contribution in [0.25, 0.3) is 0 Å². The van der Waals surface area contributed by atoms with E-state index in [1.807, 2.05) is 18.2 Å². The van der Waals surface area contributed by atoms with E-state index in [9.17, 15) is 9.18 Å². The summed E-state index contributed by atoms with van der Waals surface area (Å²) in [5.74, 6) is 1.91. The fraction of sp³-hybridized carbons (Fsp3) is 0.167. The van der Waals surface area contributed by atoms with Crippen LogP contribution in [0.5, 0.6) is 0 Å². The Hall–Kier alpha value is -3.92. The summed E-state index contributed by atoms with van der Waals surface area (Å²) in [4.78, 5) is 21.3. The number of nitrogen functional groups attached to an aromatic ring is 1. The molecule has 0 radical (unpaired) electrons. The van der Waals surface area contributed by atoms with Crippen molar-refractivity contribution in [3.8, 4) is 0 Å². The summed E-state index contributed by atoms with van der Waals surface area (Å²) in [6.45, 7) is 0. The molecule has 0 atom stereocenters. The Kier molecular flexibility index (Phi) is 6.13. The number of nitrogens with zero attached hydrogens (tertiary/aromatic N) is 3. The highest BCUT2D eigenvalue weighted by Crippen LogP contribution is 2.39. The number of nitrogens with one attached hydrogen (secondary N) is 3. The zero-order chi connectivity index (χ0) is 23.5. The molecule has 34 heavy (non-hydrogen) atoms. The number of benzene rings is 2. The van der Waals surface area contributed by atoms with Crippen molar-refractivity contribution in [3.63, 3.8) is 0 Å². The number of aromatic nitrogens is 4. The monoisotopic (exact) mass is 475 g/mol. The number of H-pyrrole nitrogens is 1. The van der Waals surface area contributed by atoms with E-state index >= 15 is 0 Å². The molecule has 8 nitrogen and oxygen atoms in total. The molecule has 0 saturated heterocycles. The van der Waals surface area contributed by atoms with Crippen LogP contribution in [0.15, 0.2) is 66.0 Å². The molecule has 1 saturated carbocycles. The molecule has 4 aromatic rings. The third-order valence-electron chi connectivity index (χ3n) is 5.35. The second-order valence-electron chi connectivity index (χ2n) is 8.00. The standard InChI is InChI=1S/C24H22FN7OS/c25-17-7-8-19(18(26)11-17)28-23(33)16-3-1-14(2-4-16)13-34-24-27-10-9-21(30-24)29-22-12-20(31-32-22)15-5-6-15/h1-4,7-12,15H,5-6,13,26H2,(H,28,33)(H2,27,29,30,31,32). The molecule has 10 heteroatoms. The summed E-state index contributed by atoms with van der Waals surface area (Å²) in [6, 6.07) is 14.9. The van der Waals surface area contributed by atoms with Gasteiger partial charge in [0.05, 0.1) is 11.4 Å². The highest BCUT2D eigenvalue weighted by molar-refractivity contribution is 7.98. The predicted octanol–water partition coefficient (Wildman–Crippen LogP) is 5.09. The van der Waals surface area contributed by atoms with Gasteiger partial charge in [-0.1, -0.05) is 23.9 Å². The Morgan fingerprint density at radius 3 is 2.71 bits per heavy atom. The highest BCUT2D eigenvalue weighted by atomic mass is 32.2. The summed E-state index contributed by atoms with van der Waals surface area (Å²) in [6.07, 6.45) is 4.13. The largest absolute Gasteiger partial charge is 0.397 e. The molecular weight excluding hydrogens is 453 g/mol. The third-order valence-corrected chi connectivity index (χ3v) is 6.28. The van der Waals surface area contributed by atoms with Gasteiger partial charge in [-0.05, 0) is 54.8 Å². The number of aromatic amines is 1. The van der Waals surface area contributed by atoms with Crippen molar-refractivity contribution in [2.24, 2.45) is 0 Å². The molecular formula is C24H22FN7OS. The normalized spacial score (nSPS) is 13.0. The van der Waals surface area contributed by atoms with Crippen LogP contribution in [0, 0.1) is 5.82 Å². The van der Waals surface area contributed by atoms with E-state index in [1.54, 1.807) is 24.4 Å². The van der Waals surface area contributed by atoms with E-state index in [2.05, 4.69) is 30.8 Å². The van der Waals surface area contributed by atoms with Gasteiger partial charge in [0.15, 0.2) is 11.0 Å². The molecule has 2 aromatic carbocycles. The number of amides is 1. The molecule has 0 spiro atoms. The van der Waals surface area contributed by atoms with Crippen LogP contribution in [0.1, 0.15) is 40.4 Å². The molecule has 1 amide bonds. The number of nitrogens with two attached hydrogens (primary N) is 1. The molecule has 5 N–H and O–H groups in total. The van der Waals surface area contributed by atoms with Crippen LogP contribution in [0.3, 0.4) is 0 Å². The van der Waals surface area contributed by atoms with Gasteiger partial charge >= 0.3 is 0 Å². The first-order valence-corrected chi connectivity index (χ1v) is 11.8. The van der Waals surface area contributed by atoms with Crippen LogP contribution >= 0.6 is 11.8 Å². The van der Waals surface area contributed by atoms with E-state index in [4.69, 9.17) is 5.73 Å². The van der Waals surface area contributed by atoms with E-state index in [-0.39, 0.29) is 11.6 Å². The Labute approximate surface area is 199 Å². The van der Waals surface area contributed by atoms with Gasteiger partial charge in [0.1, 0.15) is 11.6 Å². The molecule has 5 rings (SSSR count). The van der Waals surface area contributed by atoms with Gasteiger partial charge in [-0.15, -0.1) is 0 Å². The number of hydrogen-bond donors (Lipinski definition) is 4. The van der Waals surface area contributed by atoms with Crippen LogP contribution < -0.4 is 16.4 Å². The first-order valence-electron chi connectivity index (χ1n) is 10.8. The van der Waals surface area contributed by atoms with E-state index in [0.29, 0.717) is 33.9 Å². The summed E-state index contributed by atoms with van der Waals surface area (Å²) < 4.78 is 13.2. The second kappa shape index (κ2) is 9.52. The molecule has 1 aliphatic carbocycles. The molecule has 0 unspecified atom stereocenters. The fourth-order valence-corrected chi connectivity index (χ4v) is 4.14. The van der Waals surface area contributed by atoms with Crippen LogP contribution in [0.2, 0.25) is 0 Å². The number of carbonyl (C=O) groups is 1. The smallest absolute Gasteiger partial charge is 0.255 e. The van der Waals surface area contributed by atoms with Crippen molar-refractivity contribution in [1.29, 1.82) is 0 Å². The van der Waals surface area contributed by atoms with Gasteiger partial charge in [-0.3, -0.25) is 9.89 Å². The summed E-state index contributed by atoms with van der Waals surface area (Å²) in [7, 11) is 0. The fourth-order valence-electron chi connectivity index (χ4n) is 3.36. The topological polar surface area (TPSA) is 122 Å². The SMILES string of the molecule is Nc1cc(F)ccc1NC(=O)c1ccc(CSc2nccc(Nc3cc(C4CC4)[nH]n3)n2)cc1. The minimum absolute atomic E-state index is 0.175. The number of hydrogen-bond acceptors (Lipinski definition) is 7. The molecule has 172 valence electrons. The number of thioether (sulfide) groups is 1. The Morgan fingerprint density at radius 1 is 1.12 bits per heavy atom. The summed E-state index contributed by atoms with van der Waals surface area (Å²) >= 11 is 1.50. The van der Waals surface area contributed by atoms with Crippen molar-refractivity contribution in [3.05, 3.63) is 83.4 Å². The van der Waals surface area contributed by atoms with Gasteiger partial charge in [-0.25, -0.2) is 14.4 Å². The molecule has 0 aliphatic heterocycles. The summed E-state index contributed by atoms with van der Waals surface area (Å²) in [5, 5.41) is 13.9. The number of carbonyl (C=O) groups excluding carboxylic acids is 1. The predicted molar refractivity (Wildman–Crippen MR) is 131 cm³/mol. The van der Waals surface area contributed by atoms with E-state index in [1.165, 1.54) is 42.8 Å². The molecule has 2 heterocycles. The van der Waals surface area contributed by atoms with Gasteiger partial charge in [0.2, 0.25) is 0 Å². The Morgan fingerprint density at radius 2 is 1.94 bits per heavy atom. The minimum atomic E-state index is -0.452. The first-order chi connectivity index (χ1) is 16.5. The van der Waals surface area contributed by atoms with Crippen molar-refractivity contribution in [2.45, 2.75) is 29.7 Å². The van der Waals surface area contributed by atoms with Crippen molar-refractivity contribution >= 4 is 40.7 Å². The van der Waals surface area contributed by atoms with Gasteiger partial charge in [-0.2, -0.15) is 5.10 Å². The Bertz CT molecular complexity index is 1320. The lowest BCUT2D eigenvalue weighted by Gasteiger charge is -2.09. The minimum Gasteiger partial charge on any atom is -0.397 e. The zero-order valence-electron chi connectivity index (χ0n) is 18.1. The van der Waals surface area contributed by atoms with E-state index < -0.39 is 5.82 Å². The maximum Gasteiger partial charge on any atom is 0.255 e.